The molecule has 6 aromatic carbocycles. The van der Waals surface area contributed by atoms with Crippen LogP contribution in [0.15, 0.2) is 178 Å². The quantitative estimate of drug-likeness (QED) is 0.0288. The Morgan fingerprint density at radius 3 is 1.28 bits per heavy atom. The maximum absolute atomic E-state index is 11.5. The van der Waals surface area contributed by atoms with Gasteiger partial charge in [0.1, 0.15) is 11.0 Å². The highest BCUT2D eigenvalue weighted by molar-refractivity contribution is 8.13. The molecule has 0 spiro atoms. The number of non-ortho nitro benzene ring substituents is 2. The predicted octanol–water partition coefficient (Wildman–Crippen LogP) is 6.46. The van der Waals surface area contributed by atoms with Crippen LogP contribution in [0.4, 0.5) is 40.5 Å². The number of nitrogen functional groups attached to an aromatic ring is 1. The van der Waals surface area contributed by atoms with E-state index in [1.165, 1.54) is 36.4 Å². The van der Waals surface area contributed by atoms with Crippen LogP contribution in [0.25, 0.3) is 44.6 Å². The van der Waals surface area contributed by atoms with E-state index in [2.05, 4.69) is 42.2 Å². The van der Waals surface area contributed by atoms with Crippen molar-refractivity contribution in [1.82, 2.24) is 39.0 Å². The SMILES string of the molecule is Cn1cnc2ccc(-c3cc(Cl)nc(N4CCOCC4)n3)cc21.Cn1cnc2ccc(-c3cc(Nc4ccc(S(N)(=O)=O)cc4)nc(N4CCOCC4)n3)cc21.NS(=O)(=O)c1ccc([N+](=O)[O-])cc1.Nc1ccc(S(N)(=O)=O)cc1.O=[N+]([O-])c1ccc(S(=O)(=O)Cl)cc1. The van der Waals surface area contributed by atoms with Gasteiger partial charge in [0.2, 0.25) is 42.0 Å². The van der Waals surface area contributed by atoms with Gasteiger partial charge >= 0.3 is 0 Å². The first kappa shape index (κ1) is 69.5. The van der Waals surface area contributed by atoms with Crippen LogP contribution < -0.4 is 36.3 Å². The van der Waals surface area contributed by atoms with E-state index in [-0.39, 0.29) is 31.0 Å². The van der Waals surface area contributed by atoms with Crippen LogP contribution in [0.1, 0.15) is 0 Å². The number of ether oxygens (including phenoxy) is 2. The number of aromatic nitrogens is 8. The molecular formula is C56H57Cl2N17O14S4. The fraction of sp³-hybridized carbons (Fsp3) is 0.179. The number of aryl methyl sites for hydroxylation is 2. The fourth-order valence-electron chi connectivity index (χ4n) is 8.60. The number of nitrogens with two attached hydrogens (primary N) is 4. The van der Waals surface area contributed by atoms with Crippen LogP contribution in [0.5, 0.6) is 0 Å². The van der Waals surface area contributed by atoms with Gasteiger partial charge in [-0.15, -0.1) is 0 Å². The summed E-state index contributed by atoms with van der Waals surface area (Å²) in [5.41, 5.74) is 13.6. The van der Waals surface area contributed by atoms with Gasteiger partial charge in [-0.3, -0.25) is 20.2 Å². The normalized spacial score (nSPS) is 13.4. The second-order valence-corrected chi connectivity index (χ2v) is 27.6. The Morgan fingerprint density at radius 1 is 0.505 bits per heavy atom. The van der Waals surface area contributed by atoms with Gasteiger partial charge in [0, 0.05) is 110 Å². The van der Waals surface area contributed by atoms with Gasteiger partial charge in [0.15, 0.2) is 0 Å². The highest BCUT2D eigenvalue weighted by Gasteiger charge is 2.20. The number of sulfonamides is 3. The summed E-state index contributed by atoms with van der Waals surface area (Å²) in [6.07, 6.45) is 3.59. The average Bonchev–Trinajstić information content (AvgIpc) is 1.80. The van der Waals surface area contributed by atoms with E-state index in [0.29, 0.717) is 73.8 Å². The number of fused-ring (bicyclic) bond motifs is 2. The molecule has 6 heterocycles. The average molecular weight is 1390 g/mol. The Morgan fingerprint density at radius 2 is 0.882 bits per heavy atom. The number of hydrogen-bond donors (Lipinski definition) is 5. The Hall–Kier alpha value is -9.40. The molecule has 488 valence electrons. The Bertz CT molecular complexity index is 4710. The van der Waals surface area contributed by atoms with E-state index >= 15 is 0 Å². The first-order valence-corrected chi connectivity index (χ1v) is 34.4. The van der Waals surface area contributed by atoms with Crippen molar-refractivity contribution in [2.24, 2.45) is 29.5 Å². The van der Waals surface area contributed by atoms with Gasteiger partial charge in [-0.2, -0.15) is 4.98 Å². The number of nitro benzene ring substituents is 2. The lowest BCUT2D eigenvalue weighted by atomic mass is 10.1. The minimum Gasteiger partial charge on any atom is -0.399 e. The van der Waals surface area contributed by atoms with Crippen molar-refractivity contribution in [2.75, 3.05) is 73.5 Å². The van der Waals surface area contributed by atoms with Gasteiger partial charge in [0.25, 0.3) is 20.4 Å². The van der Waals surface area contributed by atoms with E-state index in [9.17, 15) is 53.9 Å². The summed E-state index contributed by atoms with van der Waals surface area (Å²) in [5.74, 6) is 1.85. The number of nitrogens with one attached hydrogen (secondary N) is 1. The lowest BCUT2D eigenvalue weighted by molar-refractivity contribution is -0.385. The molecule has 9 N–H and O–H groups in total. The maximum Gasteiger partial charge on any atom is 0.269 e. The molecule has 2 saturated heterocycles. The monoisotopic (exact) mass is 1390 g/mol. The standard InChI is InChI=1S/C22H23N7O3S.C16H16ClN5O.C6H4ClNO4S.C6H6N2O4S.C6H8N2O2S/c1-28-14-24-18-7-2-15(12-20(18)28)19-13-21(27-22(26-19)29-8-10-32-11-9-29)25-16-3-5-17(6-4-16)33(23,30)31;1-21-10-18-12-3-2-11(8-14(12)21)13-9-15(17)20-16(19-13)22-4-6-23-7-5-22;2*7-13(11,12)6-3-1-5(2-4-6)8(9)10;7-5-1-3-6(4-2-5)11(8,9)10/h2-7,12-14H,8-11H2,1H3,(H2,23,30,31)(H,25,26,27);2-3,8-10H,4-7H2,1H3;1-4H;1-4H,(H2,7,11,12);1-4H,7H2,(H2,8,9,10). The zero-order valence-electron chi connectivity index (χ0n) is 48.9. The number of nitro groups is 2. The van der Waals surface area contributed by atoms with E-state index in [1.807, 2.05) is 53.6 Å². The molecule has 0 radical (unpaired) electrons. The molecule has 12 rings (SSSR count). The number of halogens is 2. The van der Waals surface area contributed by atoms with Crippen LogP contribution in [0.3, 0.4) is 0 Å². The highest BCUT2D eigenvalue weighted by atomic mass is 35.7. The van der Waals surface area contributed by atoms with Crippen molar-refractivity contribution < 1.29 is 53.0 Å². The first-order chi connectivity index (χ1) is 43.9. The van der Waals surface area contributed by atoms with Crippen LogP contribution in [-0.4, -0.2) is 135 Å². The lowest BCUT2D eigenvalue weighted by Gasteiger charge is -2.27. The Labute approximate surface area is 541 Å². The molecule has 0 saturated carbocycles. The Kier molecular flexibility index (Phi) is 22.3. The molecule has 2 aliphatic heterocycles. The highest BCUT2D eigenvalue weighted by Crippen LogP contribution is 2.30. The summed E-state index contributed by atoms with van der Waals surface area (Å²) in [6, 6.07) is 36.4. The number of hydrogen-bond acceptors (Lipinski definition) is 24. The van der Waals surface area contributed by atoms with Crippen molar-refractivity contribution in [2.45, 2.75) is 19.6 Å². The fourth-order valence-corrected chi connectivity index (χ4v) is 11.1. The number of imidazole rings is 2. The van der Waals surface area contributed by atoms with E-state index in [4.69, 9.17) is 67.9 Å². The van der Waals surface area contributed by atoms with Gasteiger partial charge < -0.3 is 39.5 Å². The molecule has 10 aromatic rings. The third-order valence-corrected chi connectivity index (χ3v) is 17.7. The zero-order valence-corrected chi connectivity index (χ0v) is 53.7. The van der Waals surface area contributed by atoms with Gasteiger partial charge in [-0.1, -0.05) is 23.7 Å². The maximum atomic E-state index is 11.5. The number of nitrogens with zero attached hydrogens (tertiary/aromatic N) is 12. The molecule has 0 atom stereocenters. The van der Waals surface area contributed by atoms with Gasteiger partial charge in [-0.05, 0) is 97.1 Å². The van der Waals surface area contributed by atoms with E-state index < -0.39 is 49.0 Å². The number of primary sulfonamides is 3. The Balaban J connectivity index is 0.000000161. The van der Waals surface area contributed by atoms with Crippen LogP contribution >= 0.6 is 22.3 Å². The summed E-state index contributed by atoms with van der Waals surface area (Å²) in [5, 5.41) is 38.9. The molecule has 4 aromatic heterocycles. The topological polar surface area (TPSA) is 451 Å². The van der Waals surface area contributed by atoms with Crippen molar-refractivity contribution in [3.05, 3.63) is 184 Å². The summed E-state index contributed by atoms with van der Waals surface area (Å²) >= 11 is 6.22. The molecule has 31 nitrogen and oxygen atoms in total. The second-order valence-electron chi connectivity index (χ2n) is 19.9. The lowest BCUT2D eigenvalue weighted by Crippen LogP contribution is -2.37. The van der Waals surface area contributed by atoms with E-state index in [0.717, 1.165) is 106 Å². The molecular weight excluding hydrogens is 1330 g/mol. The molecule has 93 heavy (non-hydrogen) atoms. The van der Waals surface area contributed by atoms with Crippen molar-refractivity contribution >= 4 is 124 Å². The van der Waals surface area contributed by atoms with Crippen molar-refractivity contribution in [1.29, 1.82) is 0 Å². The number of rotatable bonds is 12. The van der Waals surface area contributed by atoms with E-state index in [1.54, 1.807) is 30.9 Å². The summed E-state index contributed by atoms with van der Waals surface area (Å²) in [7, 11) is -5.97. The zero-order chi connectivity index (χ0) is 67.4. The summed E-state index contributed by atoms with van der Waals surface area (Å²) < 4.78 is 102. The number of benzene rings is 6. The van der Waals surface area contributed by atoms with Crippen molar-refractivity contribution in [3.8, 4) is 22.5 Å². The van der Waals surface area contributed by atoms with Crippen LogP contribution in [0, 0.1) is 20.2 Å². The third-order valence-electron chi connectivity index (χ3n) is 13.4. The largest absolute Gasteiger partial charge is 0.399 e. The van der Waals surface area contributed by atoms with Gasteiger partial charge in [-0.25, -0.2) is 74.0 Å². The van der Waals surface area contributed by atoms with Crippen LogP contribution in [0.2, 0.25) is 5.15 Å². The third kappa shape index (κ3) is 19.3. The molecule has 37 heteroatoms. The minimum atomic E-state index is -3.80. The molecule has 0 aliphatic carbocycles. The second kappa shape index (κ2) is 29.9. The summed E-state index contributed by atoms with van der Waals surface area (Å²) in [4.78, 5) is 50.5. The molecule has 0 bridgehead atoms. The van der Waals surface area contributed by atoms with Crippen molar-refractivity contribution in [3.63, 3.8) is 0 Å². The minimum absolute atomic E-state index is 0.0508. The number of morpholine rings is 2. The summed E-state index contributed by atoms with van der Waals surface area (Å²) in [6.45, 7) is 5.57. The van der Waals surface area contributed by atoms with Crippen LogP contribution in [-0.2, 0) is 62.7 Å². The molecule has 2 fully saturated rings. The smallest absolute Gasteiger partial charge is 0.269 e. The first-order valence-electron chi connectivity index (χ1n) is 27.1. The predicted molar refractivity (Wildman–Crippen MR) is 348 cm³/mol. The molecule has 0 unspecified atom stereocenters. The van der Waals surface area contributed by atoms with Gasteiger partial charge in [0.05, 0.1) is 102 Å². The molecule has 2 aliphatic rings. The number of anilines is 5. The molecule has 0 amide bonds.